The molecule has 0 amide bonds. The summed E-state index contributed by atoms with van der Waals surface area (Å²) in [5.41, 5.74) is 5.58. The third-order valence-corrected chi connectivity index (χ3v) is 10.3. The molecule has 2 saturated heterocycles. The van der Waals surface area contributed by atoms with E-state index in [-0.39, 0.29) is 0 Å². The maximum absolute atomic E-state index is 6.85. The van der Waals surface area contributed by atoms with Gasteiger partial charge >= 0.3 is 14.2 Å². The van der Waals surface area contributed by atoms with Crippen LogP contribution in [0.2, 0.25) is 0 Å². The Balaban J connectivity index is 1.66. The molecule has 2 atom stereocenters. The van der Waals surface area contributed by atoms with E-state index in [1.807, 2.05) is 0 Å². The molecular formula is C33H42B2O4. The Kier molecular flexibility index (Phi) is 6.39. The molecule has 2 aromatic rings. The maximum Gasteiger partial charge on any atom is 0.495 e. The summed E-state index contributed by atoms with van der Waals surface area (Å²) in [5.74, 6) is 0.680. The molecule has 2 aliphatic carbocycles. The highest BCUT2D eigenvalue weighted by atomic mass is 16.7. The van der Waals surface area contributed by atoms with Crippen molar-refractivity contribution in [3.8, 4) is 0 Å². The zero-order valence-electron chi connectivity index (χ0n) is 24.8. The van der Waals surface area contributed by atoms with Gasteiger partial charge < -0.3 is 18.6 Å². The minimum absolute atomic E-state index is 0.330. The fourth-order valence-corrected chi connectivity index (χ4v) is 6.74. The summed E-state index contributed by atoms with van der Waals surface area (Å²) in [7, 11) is -0.926. The Labute approximate surface area is 235 Å². The molecule has 204 valence electrons. The second-order valence-corrected chi connectivity index (χ2v) is 13.7. The van der Waals surface area contributed by atoms with Gasteiger partial charge in [0.1, 0.15) is 0 Å². The van der Waals surface area contributed by atoms with Gasteiger partial charge in [-0.2, -0.15) is 0 Å². The van der Waals surface area contributed by atoms with Crippen molar-refractivity contribution in [2.24, 2.45) is 11.8 Å². The first kappa shape index (κ1) is 27.1. The summed E-state index contributed by atoms with van der Waals surface area (Å²) in [4.78, 5) is 0. The molecule has 2 aliphatic heterocycles. The first-order valence-electron chi connectivity index (χ1n) is 14.6. The van der Waals surface area contributed by atoms with E-state index in [1.54, 1.807) is 0 Å². The zero-order valence-corrected chi connectivity index (χ0v) is 24.8. The molecule has 6 heteroatoms. The van der Waals surface area contributed by atoms with Gasteiger partial charge in [-0.05, 0) is 113 Å². The molecular weight excluding hydrogens is 482 g/mol. The predicted molar refractivity (Wildman–Crippen MR) is 160 cm³/mol. The SMILES string of the molecule is CC1(C)OB(C2=C(c3ccccc3)[C@@H]3CCC[C@@H]3C(B3OC(C)(C)C(C)(C)O3)=C2c2ccccc2)OC1(C)C. The molecule has 1 saturated carbocycles. The van der Waals surface area contributed by atoms with Gasteiger partial charge in [0.05, 0.1) is 22.4 Å². The zero-order chi connectivity index (χ0) is 27.8. The van der Waals surface area contributed by atoms with Crippen LogP contribution in [0.4, 0.5) is 0 Å². The molecule has 4 nitrogen and oxygen atoms in total. The van der Waals surface area contributed by atoms with Gasteiger partial charge in [0.15, 0.2) is 0 Å². The van der Waals surface area contributed by atoms with E-state index in [4.69, 9.17) is 18.6 Å². The van der Waals surface area contributed by atoms with Crippen LogP contribution < -0.4 is 0 Å². The summed E-state index contributed by atoms with van der Waals surface area (Å²) in [5, 5.41) is 0. The first-order chi connectivity index (χ1) is 18.3. The Morgan fingerprint density at radius 2 is 1.00 bits per heavy atom. The molecule has 0 N–H and O–H groups in total. The van der Waals surface area contributed by atoms with Crippen molar-refractivity contribution < 1.29 is 18.6 Å². The topological polar surface area (TPSA) is 36.9 Å². The van der Waals surface area contributed by atoms with E-state index in [0.29, 0.717) is 11.8 Å². The lowest BCUT2D eigenvalue weighted by Gasteiger charge is -2.37. The second kappa shape index (κ2) is 9.21. The fourth-order valence-electron chi connectivity index (χ4n) is 6.74. The molecule has 0 radical (unpaired) electrons. The van der Waals surface area contributed by atoms with E-state index < -0.39 is 36.6 Å². The molecule has 0 spiro atoms. The Morgan fingerprint density at radius 3 is 1.51 bits per heavy atom. The monoisotopic (exact) mass is 524 g/mol. The maximum atomic E-state index is 6.85. The normalized spacial score (nSPS) is 28.8. The van der Waals surface area contributed by atoms with Crippen molar-refractivity contribution in [1.29, 1.82) is 0 Å². The lowest BCUT2D eigenvalue weighted by Crippen LogP contribution is -2.41. The molecule has 3 fully saturated rings. The highest BCUT2D eigenvalue weighted by molar-refractivity contribution is 6.64. The Bertz CT molecular complexity index is 1280. The smallest absolute Gasteiger partial charge is 0.400 e. The number of hydrogen-bond donors (Lipinski definition) is 0. The van der Waals surface area contributed by atoms with Gasteiger partial charge in [0, 0.05) is 0 Å². The van der Waals surface area contributed by atoms with Crippen molar-refractivity contribution >= 4 is 25.4 Å². The molecule has 0 aromatic heterocycles. The van der Waals surface area contributed by atoms with Crippen molar-refractivity contribution in [2.45, 2.75) is 97.1 Å². The van der Waals surface area contributed by atoms with Crippen LogP contribution in [0.3, 0.4) is 0 Å². The van der Waals surface area contributed by atoms with Crippen LogP contribution in [0.25, 0.3) is 11.1 Å². The minimum Gasteiger partial charge on any atom is -0.400 e. The van der Waals surface area contributed by atoms with Crippen molar-refractivity contribution in [3.05, 3.63) is 82.7 Å². The third-order valence-electron chi connectivity index (χ3n) is 10.3. The van der Waals surface area contributed by atoms with Gasteiger partial charge in [0.2, 0.25) is 0 Å². The summed E-state index contributed by atoms with van der Waals surface area (Å²) < 4.78 is 27.3. The third kappa shape index (κ3) is 4.30. The molecule has 39 heavy (non-hydrogen) atoms. The lowest BCUT2D eigenvalue weighted by atomic mass is 9.53. The number of benzene rings is 2. The quantitative estimate of drug-likeness (QED) is 0.387. The lowest BCUT2D eigenvalue weighted by molar-refractivity contribution is 0.00578. The van der Waals surface area contributed by atoms with Crippen LogP contribution in [0.5, 0.6) is 0 Å². The standard InChI is InChI=1S/C33H42B2O4/c1-30(2)31(3,4)37-34(36-30)28-25-21-15-20-24(25)26(22-16-11-9-12-17-22)29(27(28)23-18-13-10-14-19-23)35-38-32(5,6)33(7,8)39-35/h9-14,16-19,24-25H,15,20-21H2,1-8H3/t24-,25+/m1/s1. The van der Waals surface area contributed by atoms with Crippen molar-refractivity contribution in [1.82, 2.24) is 0 Å². The summed E-state index contributed by atoms with van der Waals surface area (Å²) in [6.45, 7) is 17.1. The van der Waals surface area contributed by atoms with Crippen LogP contribution in [0.15, 0.2) is 71.6 Å². The van der Waals surface area contributed by atoms with Crippen LogP contribution in [0, 0.1) is 11.8 Å². The molecule has 6 rings (SSSR count). The van der Waals surface area contributed by atoms with Gasteiger partial charge in [-0.1, -0.05) is 67.1 Å². The van der Waals surface area contributed by atoms with E-state index in [2.05, 4.69) is 116 Å². The van der Waals surface area contributed by atoms with Crippen LogP contribution in [-0.4, -0.2) is 36.6 Å². The van der Waals surface area contributed by atoms with Crippen molar-refractivity contribution in [3.63, 3.8) is 0 Å². The Morgan fingerprint density at radius 1 is 0.564 bits per heavy atom. The van der Waals surface area contributed by atoms with E-state index >= 15 is 0 Å². The van der Waals surface area contributed by atoms with Gasteiger partial charge in [-0.3, -0.25) is 0 Å². The highest BCUT2D eigenvalue weighted by Gasteiger charge is 2.59. The predicted octanol–water partition coefficient (Wildman–Crippen LogP) is 7.59. The Hall–Kier alpha value is -2.11. The van der Waals surface area contributed by atoms with Crippen LogP contribution in [0.1, 0.15) is 85.8 Å². The van der Waals surface area contributed by atoms with Gasteiger partial charge in [-0.25, -0.2) is 0 Å². The van der Waals surface area contributed by atoms with E-state index in [1.165, 1.54) is 28.6 Å². The fraction of sp³-hybridized carbons (Fsp3) is 0.515. The number of hydrogen-bond acceptors (Lipinski definition) is 4. The second-order valence-electron chi connectivity index (χ2n) is 13.7. The van der Waals surface area contributed by atoms with E-state index in [0.717, 1.165) is 23.9 Å². The van der Waals surface area contributed by atoms with Crippen molar-refractivity contribution in [2.75, 3.05) is 0 Å². The summed E-state index contributed by atoms with van der Waals surface area (Å²) >= 11 is 0. The molecule has 0 unspecified atom stereocenters. The summed E-state index contributed by atoms with van der Waals surface area (Å²) in [6, 6.07) is 21.6. The van der Waals surface area contributed by atoms with E-state index in [9.17, 15) is 0 Å². The first-order valence-corrected chi connectivity index (χ1v) is 14.6. The molecule has 0 bridgehead atoms. The molecule has 2 heterocycles. The minimum atomic E-state index is -0.501. The molecule has 4 aliphatic rings. The van der Waals surface area contributed by atoms with Crippen LogP contribution >= 0.6 is 0 Å². The highest BCUT2D eigenvalue weighted by Crippen LogP contribution is 2.57. The largest absolute Gasteiger partial charge is 0.495 e. The average molecular weight is 524 g/mol. The molecule has 2 aromatic carbocycles. The number of rotatable bonds is 4. The van der Waals surface area contributed by atoms with Gasteiger partial charge in [-0.15, -0.1) is 0 Å². The summed E-state index contributed by atoms with van der Waals surface area (Å²) in [6.07, 6.45) is 3.42. The average Bonchev–Trinajstić information content (AvgIpc) is 3.50. The van der Waals surface area contributed by atoms with Gasteiger partial charge in [0.25, 0.3) is 0 Å². The van der Waals surface area contributed by atoms with Crippen LogP contribution in [-0.2, 0) is 18.6 Å². The number of fused-ring (bicyclic) bond motifs is 1. The number of allylic oxidation sites excluding steroid dienone is 4.